The molecular weight excluding hydrogens is 636 g/mol. The third kappa shape index (κ3) is 6.70. The van der Waals surface area contributed by atoms with E-state index in [0.29, 0.717) is 57.1 Å². The van der Waals surface area contributed by atoms with Gasteiger partial charge in [-0.3, -0.25) is 4.79 Å². The summed E-state index contributed by atoms with van der Waals surface area (Å²) in [6.07, 6.45) is 10.7. The molecule has 0 radical (unpaired) electrons. The minimum Gasteiger partial charge on any atom is -0.490 e. The third-order valence-electron chi connectivity index (χ3n) is 11.7. The Morgan fingerprint density at radius 3 is 2.72 bits per heavy atom. The van der Waals surface area contributed by atoms with Crippen molar-refractivity contribution in [1.82, 2.24) is 4.72 Å². The molecule has 1 amide bonds. The molecule has 1 saturated carbocycles. The number of nitrogens with zero attached hydrogens (tertiary/aromatic N) is 1. The minimum absolute atomic E-state index is 0.115. The molecule has 8 nitrogen and oxygen atoms in total. The number of anilines is 1. The number of halogens is 1. The zero-order valence-corrected chi connectivity index (χ0v) is 28.8. The number of ether oxygens (including phenoxy) is 2. The second-order valence-corrected chi connectivity index (χ2v) is 17.1. The van der Waals surface area contributed by atoms with Crippen LogP contribution in [0, 0.1) is 23.7 Å². The summed E-state index contributed by atoms with van der Waals surface area (Å²) < 4.78 is 42.5. The summed E-state index contributed by atoms with van der Waals surface area (Å²) in [5, 5.41) is 11.3. The topological polar surface area (TPSA) is 105 Å². The van der Waals surface area contributed by atoms with Gasteiger partial charge in [0, 0.05) is 42.3 Å². The van der Waals surface area contributed by atoms with Crippen molar-refractivity contribution in [2.75, 3.05) is 37.8 Å². The van der Waals surface area contributed by atoms with Crippen molar-refractivity contribution in [3.8, 4) is 5.75 Å². The second kappa shape index (κ2) is 13.4. The van der Waals surface area contributed by atoms with Gasteiger partial charge in [0.05, 0.1) is 23.6 Å². The number of hydrogen-bond donors (Lipinski definition) is 2. The number of carbonyl (C=O) groups is 1. The van der Waals surface area contributed by atoms with Crippen LogP contribution in [0.5, 0.6) is 5.75 Å². The fourth-order valence-corrected chi connectivity index (χ4v) is 10.7. The maximum Gasteiger partial charge on any atom is 0.264 e. The molecule has 10 heteroatoms. The summed E-state index contributed by atoms with van der Waals surface area (Å²) >= 11 is 6.42. The maximum absolute atomic E-state index is 14.0. The van der Waals surface area contributed by atoms with Gasteiger partial charge in [0.25, 0.3) is 5.91 Å². The van der Waals surface area contributed by atoms with E-state index in [1.165, 1.54) is 11.1 Å². The molecule has 254 valence electrons. The first kappa shape index (κ1) is 32.9. The van der Waals surface area contributed by atoms with Gasteiger partial charge in [-0.25, -0.2) is 13.1 Å². The Morgan fingerprint density at radius 1 is 1.11 bits per heavy atom. The Morgan fingerprint density at radius 2 is 1.94 bits per heavy atom. The number of sulfonamides is 1. The molecule has 2 aliphatic carbocycles. The zero-order valence-electron chi connectivity index (χ0n) is 27.2. The van der Waals surface area contributed by atoms with Gasteiger partial charge in [0.2, 0.25) is 10.0 Å². The van der Waals surface area contributed by atoms with Gasteiger partial charge in [0.1, 0.15) is 5.75 Å². The fraction of sp³-hybridized carbons (Fsp3) is 0.595. The van der Waals surface area contributed by atoms with Gasteiger partial charge in [-0.1, -0.05) is 36.7 Å². The molecule has 0 unspecified atom stereocenters. The lowest BCUT2D eigenvalue weighted by atomic mass is 9.68. The monoisotopic (exact) mass is 682 g/mol. The Bertz CT molecular complexity index is 1620. The molecule has 2 bridgehead atoms. The van der Waals surface area contributed by atoms with Gasteiger partial charge in [-0.2, -0.15) is 0 Å². The largest absolute Gasteiger partial charge is 0.490 e. The maximum atomic E-state index is 14.0. The number of amides is 1. The van der Waals surface area contributed by atoms with Crippen LogP contribution in [0.4, 0.5) is 5.69 Å². The summed E-state index contributed by atoms with van der Waals surface area (Å²) in [6, 6.07) is 11.5. The highest BCUT2D eigenvalue weighted by Crippen LogP contribution is 2.47. The molecule has 3 aliphatic heterocycles. The van der Waals surface area contributed by atoms with E-state index in [9.17, 15) is 18.3 Å². The normalized spacial score (nSPS) is 33.4. The predicted molar refractivity (Wildman–Crippen MR) is 184 cm³/mol. The van der Waals surface area contributed by atoms with Crippen LogP contribution < -0.4 is 14.4 Å². The van der Waals surface area contributed by atoms with E-state index in [1.807, 2.05) is 31.2 Å². The molecule has 1 saturated heterocycles. The van der Waals surface area contributed by atoms with Gasteiger partial charge in [-0.05, 0) is 123 Å². The van der Waals surface area contributed by atoms with Crippen LogP contribution in [-0.2, 0) is 26.6 Å². The number of allylic oxidation sites excluding steroid dienone is 1. The molecule has 5 aliphatic rings. The predicted octanol–water partition coefficient (Wildman–Crippen LogP) is 6.04. The molecule has 0 aromatic heterocycles. The van der Waals surface area contributed by atoms with E-state index in [1.54, 1.807) is 12.1 Å². The molecule has 2 N–H and O–H groups in total. The van der Waals surface area contributed by atoms with Crippen LogP contribution in [-0.4, -0.2) is 63.7 Å². The Kier molecular flexibility index (Phi) is 9.37. The lowest BCUT2D eigenvalue weighted by Crippen LogP contribution is -2.49. The molecule has 47 heavy (non-hydrogen) atoms. The molecule has 3 heterocycles. The molecule has 7 rings (SSSR count). The van der Waals surface area contributed by atoms with Gasteiger partial charge < -0.3 is 19.5 Å². The van der Waals surface area contributed by atoms with Gasteiger partial charge in [0.15, 0.2) is 0 Å². The summed E-state index contributed by atoms with van der Waals surface area (Å²) in [6.45, 7) is 5.09. The second-order valence-electron chi connectivity index (χ2n) is 14.7. The lowest BCUT2D eigenvalue weighted by molar-refractivity contribution is 0.0455. The van der Waals surface area contributed by atoms with E-state index < -0.39 is 27.3 Å². The minimum atomic E-state index is -4.01. The third-order valence-corrected chi connectivity index (χ3v) is 13.8. The standard InChI is InChI=1S/C37H47ClN2O6S/c1-24-4-2-6-33(41)30-10-7-28(30)21-40-22-37(15-3-5-26-19-29(38)9-11-31(26)37)23-46-34-12-8-27(20-32(34)40)36(42)39-47(43,44)35(24)18-25-13-16-45-17-14-25/h2,6,8-9,11-12,19-20,24-25,28,30,33,35,41H,3-5,7,10,13-18,21-23H2,1H3,(H,39,42)/b6-2-/t24-,28-,30+,33-,35-,37-/m0/s1. The van der Waals surface area contributed by atoms with Crippen molar-refractivity contribution in [3.05, 3.63) is 70.3 Å². The van der Waals surface area contributed by atoms with Crippen LogP contribution in [0.25, 0.3) is 0 Å². The van der Waals surface area contributed by atoms with Crippen LogP contribution in [0.2, 0.25) is 5.02 Å². The highest BCUT2D eigenvalue weighted by atomic mass is 35.5. The summed E-state index contributed by atoms with van der Waals surface area (Å²) in [4.78, 5) is 16.1. The number of benzene rings is 2. The highest BCUT2D eigenvalue weighted by molar-refractivity contribution is 7.90. The Labute approximate surface area is 283 Å². The van der Waals surface area contributed by atoms with Crippen molar-refractivity contribution in [1.29, 1.82) is 0 Å². The molecular formula is C37H47ClN2O6S. The zero-order chi connectivity index (χ0) is 32.8. The number of rotatable bonds is 2. The number of nitrogens with one attached hydrogen (secondary N) is 1. The highest BCUT2D eigenvalue weighted by Gasteiger charge is 2.44. The van der Waals surface area contributed by atoms with E-state index in [2.05, 4.69) is 21.8 Å². The average Bonchev–Trinajstić information content (AvgIpc) is 3.18. The summed E-state index contributed by atoms with van der Waals surface area (Å²) in [5.74, 6) is 0.431. The lowest BCUT2D eigenvalue weighted by Gasteiger charge is -2.45. The van der Waals surface area contributed by atoms with Crippen molar-refractivity contribution in [3.63, 3.8) is 0 Å². The first-order valence-electron chi connectivity index (χ1n) is 17.4. The van der Waals surface area contributed by atoms with Crippen molar-refractivity contribution >= 4 is 33.2 Å². The van der Waals surface area contributed by atoms with E-state index in [4.69, 9.17) is 21.1 Å². The van der Waals surface area contributed by atoms with E-state index in [-0.39, 0.29) is 29.1 Å². The van der Waals surface area contributed by atoms with E-state index >= 15 is 0 Å². The molecule has 2 aromatic carbocycles. The smallest absolute Gasteiger partial charge is 0.264 e. The van der Waals surface area contributed by atoms with Crippen molar-refractivity contribution in [2.24, 2.45) is 23.7 Å². The quantitative estimate of drug-likeness (QED) is 0.372. The summed E-state index contributed by atoms with van der Waals surface area (Å²) in [7, 11) is -4.01. The molecule has 6 atom stereocenters. The first-order valence-corrected chi connectivity index (χ1v) is 19.3. The number of fused-ring (bicyclic) bond motifs is 4. The number of carbonyl (C=O) groups excluding carboxylic acids is 1. The van der Waals surface area contributed by atoms with Gasteiger partial charge >= 0.3 is 0 Å². The average molecular weight is 683 g/mol. The first-order chi connectivity index (χ1) is 22.6. The van der Waals surface area contributed by atoms with Gasteiger partial charge in [-0.15, -0.1) is 0 Å². The number of hydrogen-bond acceptors (Lipinski definition) is 7. The molecule has 2 fully saturated rings. The van der Waals surface area contributed by atoms with Crippen molar-refractivity contribution < 1.29 is 27.8 Å². The Balaban J connectivity index is 1.26. The fourth-order valence-electron chi connectivity index (χ4n) is 8.78. The molecule has 1 spiro atoms. The number of aliphatic hydroxyl groups is 1. The van der Waals surface area contributed by atoms with Crippen LogP contribution >= 0.6 is 11.6 Å². The number of aryl methyl sites for hydroxylation is 1. The van der Waals surface area contributed by atoms with Crippen LogP contribution in [0.1, 0.15) is 79.8 Å². The van der Waals surface area contributed by atoms with Crippen LogP contribution in [0.15, 0.2) is 48.6 Å². The summed E-state index contributed by atoms with van der Waals surface area (Å²) in [5.41, 5.74) is 3.33. The SMILES string of the molecule is C[C@H]1C/C=C\[C@H](O)[C@@H]2CC[C@H]2CN2C[C@@]3(CCCc4cc(Cl)ccc43)COc3ccc(cc32)C(=O)NS(=O)(=O)[C@H]1CC1CCOCC1. The molecule has 2 aromatic rings. The Hall–Kier alpha value is -2.59. The van der Waals surface area contributed by atoms with E-state index in [0.717, 1.165) is 55.7 Å². The van der Waals surface area contributed by atoms with Crippen molar-refractivity contribution in [2.45, 2.75) is 81.5 Å². The number of aliphatic hydroxyl groups excluding tert-OH is 1. The van der Waals surface area contributed by atoms with Crippen LogP contribution in [0.3, 0.4) is 0 Å².